The van der Waals surface area contributed by atoms with E-state index < -0.39 is 24.4 Å². The highest BCUT2D eigenvalue weighted by molar-refractivity contribution is 5.90. The zero-order valence-electron chi connectivity index (χ0n) is 25.6. The predicted octanol–water partition coefficient (Wildman–Crippen LogP) is 3.69. The Hall–Kier alpha value is -3.89. The molecule has 5 rings (SSSR count). The molecule has 10 heteroatoms. The predicted molar refractivity (Wildman–Crippen MR) is 166 cm³/mol. The number of aromatic amines is 1. The van der Waals surface area contributed by atoms with Crippen LogP contribution in [0.15, 0.2) is 54.7 Å². The van der Waals surface area contributed by atoms with E-state index in [9.17, 15) is 14.4 Å². The molecule has 0 saturated carbocycles. The van der Waals surface area contributed by atoms with Crippen molar-refractivity contribution in [1.82, 2.24) is 30.7 Å². The molecule has 1 aliphatic carbocycles. The van der Waals surface area contributed by atoms with Gasteiger partial charge in [-0.15, -0.1) is 0 Å². The van der Waals surface area contributed by atoms with E-state index in [0.717, 1.165) is 41.3 Å². The Kier molecular flexibility index (Phi) is 9.67. The Labute approximate surface area is 253 Å². The molecule has 1 unspecified atom stereocenters. The second-order valence-corrected chi connectivity index (χ2v) is 12.0. The standard InChI is InChI=1S/C33H44N6O4/c1-21(2)30(37-31(40)22(3)34-4)32(41)39-18-17-38(19-24-11-8-13-27-26(24)15-16-35-27)20-29(39)43-33(42)36-28-14-7-10-23-9-5-6-12-25(23)28/h5-6,8-9,11-13,15-16,21-22,28-30,34-35H,7,10,14,17-20H2,1-4H3,(H,36,42)(H,37,40)/t22-,28?,29-,30-/m0/s1. The number of alkyl carbamates (subject to hydrolysis) is 1. The maximum absolute atomic E-state index is 14.0. The summed E-state index contributed by atoms with van der Waals surface area (Å²) < 4.78 is 6.07. The molecule has 1 fully saturated rings. The molecule has 4 atom stereocenters. The highest BCUT2D eigenvalue weighted by atomic mass is 16.6. The third-order valence-corrected chi connectivity index (χ3v) is 8.74. The molecular weight excluding hydrogens is 544 g/mol. The van der Waals surface area contributed by atoms with Crippen molar-refractivity contribution in [2.75, 3.05) is 26.7 Å². The van der Waals surface area contributed by atoms with Gasteiger partial charge in [-0.3, -0.25) is 14.5 Å². The number of likely N-dealkylation sites (N-methyl/N-ethyl adjacent to an activating group) is 1. The van der Waals surface area contributed by atoms with Gasteiger partial charge in [-0.05, 0) is 68.0 Å². The average Bonchev–Trinajstić information content (AvgIpc) is 3.49. The van der Waals surface area contributed by atoms with Gasteiger partial charge >= 0.3 is 6.09 Å². The molecule has 2 heterocycles. The van der Waals surface area contributed by atoms with Crippen LogP contribution in [0.1, 0.15) is 56.3 Å². The lowest BCUT2D eigenvalue weighted by Crippen LogP contribution is -2.62. The van der Waals surface area contributed by atoms with Crippen molar-refractivity contribution in [3.63, 3.8) is 0 Å². The van der Waals surface area contributed by atoms with Gasteiger partial charge in [0, 0.05) is 36.7 Å². The summed E-state index contributed by atoms with van der Waals surface area (Å²) in [5, 5.41) is 10.1. The van der Waals surface area contributed by atoms with Crippen LogP contribution < -0.4 is 16.0 Å². The third kappa shape index (κ3) is 7.02. The van der Waals surface area contributed by atoms with E-state index in [1.54, 1.807) is 18.9 Å². The maximum Gasteiger partial charge on any atom is 0.409 e. The largest absolute Gasteiger partial charge is 0.424 e. The second-order valence-electron chi connectivity index (χ2n) is 12.0. The lowest BCUT2D eigenvalue weighted by Gasteiger charge is -2.42. The summed E-state index contributed by atoms with van der Waals surface area (Å²) in [4.78, 5) is 47.2. The monoisotopic (exact) mass is 588 g/mol. The first-order chi connectivity index (χ1) is 20.7. The summed E-state index contributed by atoms with van der Waals surface area (Å²) in [5.74, 6) is -0.656. The molecule has 4 N–H and O–H groups in total. The number of fused-ring (bicyclic) bond motifs is 2. The Morgan fingerprint density at radius 2 is 1.86 bits per heavy atom. The molecule has 3 aromatic rings. The van der Waals surface area contributed by atoms with E-state index in [2.05, 4.69) is 50.1 Å². The van der Waals surface area contributed by atoms with Gasteiger partial charge in [0.15, 0.2) is 6.23 Å². The van der Waals surface area contributed by atoms with Crippen LogP contribution in [0.5, 0.6) is 0 Å². The highest BCUT2D eigenvalue weighted by Crippen LogP contribution is 2.30. The summed E-state index contributed by atoms with van der Waals surface area (Å²) in [6, 6.07) is 15.1. The molecule has 3 amide bonds. The normalized spacial score (nSPS) is 20.3. The first-order valence-corrected chi connectivity index (χ1v) is 15.4. The smallest absolute Gasteiger partial charge is 0.409 e. The van der Waals surface area contributed by atoms with Gasteiger partial charge in [0.2, 0.25) is 11.8 Å². The fourth-order valence-corrected chi connectivity index (χ4v) is 6.14. The molecule has 0 bridgehead atoms. The minimum atomic E-state index is -0.814. The lowest BCUT2D eigenvalue weighted by atomic mass is 9.88. The van der Waals surface area contributed by atoms with Crippen molar-refractivity contribution in [2.45, 2.75) is 70.9 Å². The van der Waals surface area contributed by atoms with Crippen molar-refractivity contribution < 1.29 is 19.1 Å². The summed E-state index contributed by atoms with van der Waals surface area (Å²) >= 11 is 0. The number of carbonyl (C=O) groups excluding carboxylic acids is 3. The van der Waals surface area contributed by atoms with Gasteiger partial charge in [-0.2, -0.15) is 0 Å². The van der Waals surface area contributed by atoms with Gasteiger partial charge in [-0.1, -0.05) is 50.2 Å². The number of aromatic nitrogens is 1. The van der Waals surface area contributed by atoms with Crippen LogP contribution in [0.3, 0.4) is 0 Å². The molecule has 1 saturated heterocycles. The van der Waals surface area contributed by atoms with Crippen LogP contribution in [-0.2, 0) is 27.3 Å². The van der Waals surface area contributed by atoms with Crippen LogP contribution in [0.4, 0.5) is 4.79 Å². The number of hydrogen-bond donors (Lipinski definition) is 4. The van der Waals surface area contributed by atoms with Crippen molar-refractivity contribution in [3.8, 4) is 0 Å². The molecule has 2 aromatic carbocycles. The summed E-state index contributed by atoms with van der Waals surface area (Å²) in [6.45, 7) is 7.54. The van der Waals surface area contributed by atoms with Crippen LogP contribution in [0, 0.1) is 5.92 Å². The van der Waals surface area contributed by atoms with Crippen LogP contribution in [0.25, 0.3) is 10.9 Å². The number of hydrogen-bond acceptors (Lipinski definition) is 6. The van der Waals surface area contributed by atoms with E-state index >= 15 is 0 Å². The number of piperazine rings is 1. The number of nitrogens with zero attached hydrogens (tertiary/aromatic N) is 2. The topological polar surface area (TPSA) is 119 Å². The van der Waals surface area contributed by atoms with E-state index in [4.69, 9.17) is 4.74 Å². The number of H-pyrrole nitrogens is 1. The van der Waals surface area contributed by atoms with Gasteiger partial charge in [0.05, 0.1) is 18.6 Å². The third-order valence-electron chi connectivity index (χ3n) is 8.74. The van der Waals surface area contributed by atoms with Crippen molar-refractivity contribution >= 4 is 28.8 Å². The van der Waals surface area contributed by atoms with Gasteiger partial charge in [0.25, 0.3) is 0 Å². The average molecular weight is 589 g/mol. The number of ether oxygens (including phenoxy) is 1. The minimum Gasteiger partial charge on any atom is -0.424 e. The van der Waals surface area contributed by atoms with Crippen molar-refractivity contribution in [3.05, 3.63) is 71.4 Å². The van der Waals surface area contributed by atoms with E-state index in [1.807, 2.05) is 44.3 Å². The zero-order chi connectivity index (χ0) is 30.5. The van der Waals surface area contributed by atoms with Gasteiger partial charge in [0.1, 0.15) is 6.04 Å². The minimum absolute atomic E-state index is 0.141. The Balaban J connectivity index is 1.35. The number of carbonyl (C=O) groups is 3. The number of nitrogens with one attached hydrogen (secondary N) is 4. The number of benzene rings is 2. The summed E-state index contributed by atoms with van der Waals surface area (Å²) in [7, 11) is 1.71. The molecule has 0 radical (unpaired) electrons. The van der Waals surface area contributed by atoms with Crippen LogP contribution in [-0.4, -0.2) is 77.7 Å². The van der Waals surface area contributed by atoms with Crippen LogP contribution in [0.2, 0.25) is 0 Å². The SMILES string of the molecule is CN[C@@H](C)C(=O)N[C@H](C(=O)N1CCN(Cc2cccc3[nH]ccc23)C[C@@H]1OC(=O)NC1CCCc2ccccc21)C(C)C. The van der Waals surface area contributed by atoms with Crippen molar-refractivity contribution in [1.29, 1.82) is 0 Å². The molecule has 230 valence electrons. The second kappa shape index (κ2) is 13.6. The highest BCUT2D eigenvalue weighted by Gasteiger charge is 2.39. The van der Waals surface area contributed by atoms with E-state index in [1.165, 1.54) is 5.56 Å². The number of aryl methyl sites for hydroxylation is 1. The lowest BCUT2D eigenvalue weighted by molar-refractivity contribution is -0.153. The molecular formula is C33H44N6O4. The molecule has 1 aliphatic heterocycles. The Morgan fingerprint density at radius 3 is 2.65 bits per heavy atom. The maximum atomic E-state index is 14.0. The summed E-state index contributed by atoms with van der Waals surface area (Å²) in [5.41, 5.74) is 4.58. The number of rotatable bonds is 9. The first-order valence-electron chi connectivity index (χ1n) is 15.4. The quantitative estimate of drug-likeness (QED) is 0.303. The molecule has 43 heavy (non-hydrogen) atoms. The van der Waals surface area contributed by atoms with E-state index in [-0.39, 0.29) is 23.8 Å². The Morgan fingerprint density at radius 1 is 1.05 bits per heavy atom. The van der Waals surface area contributed by atoms with E-state index in [0.29, 0.717) is 26.2 Å². The number of amides is 3. The van der Waals surface area contributed by atoms with Gasteiger partial charge < -0.3 is 30.6 Å². The van der Waals surface area contributed by atoms with Gasteiger partial charge in [-0.25, -0.2) is 4.79 Å². The molecule has 10 nitrogen and oxygen atoms in total. The van der Waals surface area contributed by atoms with Crippen molar-refractivity contribution in [2.24, 2.45) is 5.92 Å². The molecule has 1 aromatic heterocycles. The molecule has 0 spiro atoms. The summed E-state index contributed by atoms with van der Waals surface area (Å²) in [6.07, 6.45) is 3.37. The fraction of sp³-hybridized carbons (Fsp3) is 0.485. The molecule has 2 aliphatic rings. The first kappa shape index (κ1) is 30.6. The fourth-order valence-electron chi connectivity index (χ4n) is 6.14. The zero-order valence-corrected chi connectivity index (χ0v) is 25.6. The Bertz CT molecular complexity index is 1440. The van der Waals surface area contributed by atoms with Crippen LogP contribution >= 0.6 is 0 Å².